The Labute approximate surface area is 122 Å². The molecule has 0 atom stereocenters. The van der Waals surface area contributed by atoms with E-state index in [1.54, 1.807) is 6.92 Å². The molecule has 21 heavy (non-hydrogen) atoms. The zero-order valence-corrected chi connectivity index (χ0v) is 11.8. The first-order valence-corrected chi connectivity index (χ1v) is 6.96. The summed E-state index contributed by atoms with van der Waals surface area (Å²) in [5.74, 6) is -1.84. The molecule has 112 valence electrons. The quantitative estimate of drug-likeness (QED) is 0.780. The fourth-order valence-electron chi connectivity index (χ4n) is 1.63. The molecular weight excluding hydrogens is 301 g/mol. The van der Waals surface area contributed by atoms with Gasteiger partial charge >= 0.3 is 11.7 Å². The smallest absolute Gasteiger partial charge is 0.348 e. The number of benzene rings is 1. The number of nitrogens with zero attached hydrogens (tertiary/aromatic N) is 2. The Hall–Kier alpha value is -2.29. The Morgan fingerprint density at radius 3 is 2.95 bits per heavy atom. The number of hydrogen-bond acceptors (Lipinski definition) is 5. The lowest BCUT2D eigenvalue weighted by atomic mass is 10.3. The van der Waals surface area contributed by atoms with Crippen LogP contribution in [0.25, 0.3) is 5.69 Å². The highest BCUT2D eigenvalue weighted by atomic mass is 32.2. The molecule has 0 saturated heterocycles. The van der Waals surface area contributed by atoms with Gasteiger partial charge in [0.1, 0.15) is 0 Å². The van der Waals surface area contributed by atoms with Crippen LogP contribution in [0.3, 0.4) is 0 Å². The molecule has 0 amide bonds. The highest BCUT2D eigenvalue weighted by molar-refractivity contribution is 7.99. The van der Waals surface area contributed by atoms with Gasteiger partial charge in [-0.2, -0.15) is 0 Å². The van der Waals surface area contributed by atoms with Crippen LogP contribution in [-0.2, 0) is 4.79 Å². The van der Waals surface area contributed by atoms with Gasteiger partial charge in [0.15, 0.2) is 16.7 Å². The van der Waals surface area contributed by atoms with Crippen LogP contribution in [0.4, 0.5) is 4.39 Å². The molecule has 0 fully saturated rings. The van der Waals surface area contributed by atoms with E-state index in [9.17, 15) is 14.0 Å². The Morgan fingerprint density at radius 1 is 1.57 bits per heavy atom. The molecule has 1 aromatic heterocycles. The SMILES string of the molecule is CCOc1ccc(-n2c(SCC(=O)O)n[nH]c2=O)cc1F. The number of thioether (sulfide) groups is 1. The number of nitrogens with one attached hydrogen (secondary N) is 1. The van der Waals surface area contributed by atoms with Gasteiger partial charge in [-0.25, -0.2) is 18.9 Å². The first-order chi connectivity index (χ1) is 10.0. The van der Waals surface area contributed by atoms with Crippen molar-refractivity contribution in [1.82, 2.24) is 14.8 Å². The van der Waals surface area contributed by atoms with Gasteiger partial charge in [0.05, 0.1) is 18.0 Å². The molecule has 0 radical (unpaired) electrons. The van der Waals surface area contributed by atoms with Crippen molar-refractivity contribution in [3.63, 3.8) is 0 Å². The van der Waals surface area contributed by atoms with Crippen LogP contribution < -0.4 is 10.4 Å². The number of aliphatic carboxylic acids is 1. The first-order valence-electron chi connectivity index (χ1n) is 5.97. The van der Waals surface area contributed by atoms with E-state index in [4.69, 9.17) is 9.84 Å². The molecule has 2 aromatic rings. The maximum Gasteiger partial charge on any atom is 0.348 e. The molecular formula is C12H12FN3O4S. The molecule has 0 unspecified atom stereocenters. The highest BCUT2D eigenvalue weighted by Gasteiger charge is 2.14. The molecule has 0 spiro atoms. The van der Waals surface area contributed by atoms with Gasteiger partial charge in [0.25, 0.3) is 0 Å². The lowest BCUT2D eigenvalue weighted by molar-refractivity contribution is -0.133. The second-order valence-electron chi connectivity index (χ2n) is 3.88. The molecule has 1 aromatic carbocycles. The predicted molar refractivity (Wildman–Crippen MR) is 73.7 cm³/mol. The number of halogens is 1. The normalized spacial score (nSPS) is 10.6. The van der Waals surface area contributed by atoms with Crippen LogP contribution >= 0.6 is 11.8 Å². The highest BCUT2D eigenvalue weighted by Crippen LogP contribution is 2.23. The molecule has 0 aliphatic carbocycles. The lowest BCUT2D eigenvalue weighted by Crippen LogP contribution is -2.16. The Balaban J connectivity index is 2.37. The van der Waals surface area contributed by atoms with E-state index < -0.39 is 17.5 Å². The monoisotopic (exact) mass is 313 g/mol. The topological polar surface area (TPSA) is 97.2 Å². The predicted octanol–water partition coefficient (Wildman–Crippen LogP) is 1.28. The van der Waals surface area contributed by atoms with E-state index >= 15 is 0 Å². The van der Waals surface area contributed by atoms with Crippen LogP contribution in [-0.4, -0.2) is 38.2 Å². The molecule has 0 aliphatic heterocycles. The molecule has 0 bridgehead atoms. The van der Waals surface area contributed by atoms with Gasteiger partial charge in [-0.3, -0.25) is 4.79 Å². The third-order valence-electron chi connectivity index (χ3n) is 2.44. The fourth-order valence-corrected chi connectivity index (χ4v) is 2.31. The number of ether oxygens (including phenoxy) is 1. The van der Waals surface area contributed by atoms with Crippen molar-refractivity contribution < 1.29 is 19.0 Å². The van der Waals surface area contributed by atoms with Crippen molar-refractivity contribution in [2.45, 2.75) is 12.1 Å². The van der Waals surface area contributed by atoms with Crippen LogP contribution in [0, 0.1) is 5.82 Å². The summed E-state index contributed by atoms with van der Waals surface area (Å²) in [6.45, 7) is 2.05. The molecule has 0 aliphatic rings. The lowest BCUT2D eigenvalue weighted by Gasteiger charge is -2.08. The summed E-state index contributed by atoms with van der Waals surface area (Å²) < 4.78 is 20.0. The summed E-state index contributed by atoms with van der Waals surface area (Å²) in [7, 11) is 0. The summed E-state index contributed by atoms with van der Waals surface area (Å²) >= 11 is 0.858. The number of aromatic amines is 1. The van der Waals surface area contributed by atoms with Crippen molar-refractivity contribution in [3.05, 3.63) is 34.5 Å². The number of aromatic nitrogens is 3. The van der Waals surface area contributed by atoms with Crippen molar-refractivity contribution in [1.29, 1.82) is 0 Å². The number of carbonyl (C=O) groups is 1. The third-order valence-corrected chi connectivity index (χ3v) is 3.36. The number of hydrogen-bond donors (Lipinski definition) is 2. The number of carboxylic acids is 1. The zero-order chi connectivity index (χ0) is 15.4. The van der Waals surface area contributed by atoms with E-state index in [0.29, 0.717) is 6.61 Å². The van der Waals surface area contributed by atoms with E-state index in [-0.39, 0.29) is 22.3 Å². The maximum absolute atomic E-state index is 13.8. The van der Waals surface area contributed by atoms with Crippen molar-refractivity contribution in [3.8, 4) is 11.4 Å². The molecule has 1 heterocycles. The summed E-state index contributed by atoms with van der Waals surface area (Å²) in [6, 6.07) is 4.03. The van der Waals surface area contributed by atoms with Crippen molar-refractivity contribution in [2.75, 3.05) is 12.4 Å². The Morgan fingerprint density at radius 2 is 2.33 bits per heavy atom. The van der Waals surface area contributed by atoms with E-state index in [0.717, 1.165) is 22.4 Å². The van der Waals surface area contributed by atoms with Crippen LogP contribution in [0.15, 0.2) is 28.2 Å². The van der Waals surface area contributed by atoms with Crippen LogP contribution in [0.2, 0.25) is 0 Å². The first kappa shape index (κ1) is 15.1. The molecule has 7 nitrogen and oxygen atoms in total. The molecule has 2 N–H and O–H groups in total. The summed E-state index contributed by atoms with van der Waals surface area (Å²) in [5.41, 5.74) is -0.339. The second kappa shape index (κ2) is 6.44. The van der Waals surface area contributed by atoms with Gasteiger partial charge in [-0.15, -0.1) is 5.10 Å². The van der Waals surface area contributed by atoms with Gasteiger partial charge in [0, 0.05) is 6.07 Å². The van der Waals surface area contributed by atoms with Gasteiger partial charge < -0.3 is 9.84 Å². The minimum Gasteiger partial charge on any atom is -0.491 e. The fraction of sp³-hybridized carbons (Fsp3) is 0.250. The summed E-state index contributed by atoms with van der Waals surface area (Å²) in [4.78, 5) is 22.3. The largest absolute Gasteiger partial charge is 0.491 e. The van der Waals surface area contributed by atoms with Gasteiger partial charge in [0.2, 0.25) is 0 Å². The minimum absolute atomic E-state index is 0.0810. The number of H-pyrrole nitrogens is 1. The zero-order valence-electron chi connectivity index (χ0n) is 11.0. The minimum atomic E-state index is -1.04. The Kier molecular flexibility index (Phi) is 4.63. The maximum atomic E-state index is 13.8. The van der Waals surface area contributed by atoms with Crippen LogP contribution in [0.1, 0.15) is 6.92 Å². The van der Waals surface area contributed by atoms with Gasteiger partial charge in [-0.1, -0.05) is 11.8 Å². The number of rotatable bonds is 6. The van der Waals surface area contributed by atoms with Crippen molar-refractivity contribution in [2.24, 2.45) is 0 Å². The third kappa shape index (κ3) is 3.43. The number of carboxylic acid groups (broad SMARTS) is 1. The Bertz CT molecular complexity index is 713. The molecule has 2 rings (SSSR count). The standard InChI is InChI=1S/C12H12FN3O4S/c1-2-20-9-4-3-7(5-8(9)13)16-11(19)14-15-12(16)21-6-10(17)18/h3-5H,2,6H2,1H3,(H,14,19)(H,17,18). The van der Waals surface area contributed by atoms with E-state index in [1.165, 1.54) is 12.1 Å². The van der Waals surface area contributed by atoms with Crippen LogP contribution in [0.5, 0.6) is 5.75 Å². The van der Waals surface area contributed by atoms with E-state index in [1.807, 2.05) is 0 Å². The van der Waals surface area contributed by atoms with E-state index in [2.05, 4.69) is 10.2 Å². The molecule has 9 heteroatoms. The summed E-state index contributed by atoms with van der Waals surface area (Å²) in [6.07, 6.45) is 0. The summed E-state index contributed by atoms with van der Waals surface area (Å²) in [5, 5.41) is 14.7. The van der Waals surface area contributed by atoms with Gasteiger partial charge in [-0.05, 0) is 19.1 Å². The second-order valence-corrected chi connectivity index (χ2v) is 4.82. The van der Waals surface area contributed by atoms with Crippen molar-refractivity contribution >= 4 is 17.7 Å². The average Bonchev–Trinajstić information content (AvgIpc) is 2.80. The average molecular weight is 313 g/mol. The molecule has 0 saturated carbocycles.